The monoisotopic (exact) mass is 297 g/mol. The molecular weight excluding hydrogens is 282 g/mol. The van der Waals surface area contributed by atoms with Gasteiger partial charge >= 0.3 is 0 Å². The Hall–Kier alpha value is -2.27. The number of benzene rings is 2. The molecule has 0 radical (unpaired) electrons. The van der Waals surface area contributed by atoms with Crippen LogP contribution in [0.3, 0.4) is 0 Å². The van der Waals surface area contributed by atoms with Gasteiger partial charge in [0.1, 0.15) is 5.82 Å². The summed E-state index contributed by atoms with van der Waals surface area (Å²) in [5, 5.41) is 2.90. The minimum atomic E-state index is -0.0830. The number of carbonyl (C=O) groups excluding carboxylic acids is 1. The largest absolute Gasteiger partial charge is 0.345 e. The van der Waals surface area contributed by atoms with Crippen molar-refractivity contribution >= 4 is 28.7 Å². The van der Waals surface area contributed by atoms with Crippen molar-refractivity contribution in [2.45, 2.75) is 11.4 Å². The number of nitrogens with zero attached hydrogens (tertiary/aromatic N) is 1. The summed E-state index contributed by atoms with van der Waals surface area (Å²) < 4.78 is 0. The molecule has 0 fully saturated rings. The van der Waals surface area contributed by atoms with Crippen molar-refractivity contribution in [3.8, 4) is 0 Å². The Kier molecular flexibility index (Phi) is 3.92. The highest BCUT2D eigenvalue weighted by Crippen LogP contribution is 2.19. The zero-order chi connectivity index (χ0) is 14.7. The summed E-state index contributed by atoms with van der Waals surface area (Å²) in [5.41, 5.74) is 2.58. The van der Waals surface area contributed by atoms with Crippen LogP contribution in [0.2, 0.25) is 0 Å². The predicted octanol–water partition coefficient (Wildman–Crippen LogP) is 3.21. The van der Waals surface area contributed by atoms with Crippen molar-refractivity contribution in [1.29, 1.82) is 0 Å². The molecule has 0 bridgehead atoms. The summed E-state index contributed by atoms with van der Waals surface area (Å²) in [7, 11) is 0. The Balaban J connectivity index is 1.73. The lowest BCUT2D eigenvalue weighted by atomic mass is 10.2. The van der Waals surface area contributed by atoms with E-state index in [0.29, 0.717) is 12.1 Å². The lowest BCUT2D eigenvalue weighted by Gasteiger charge is -2.07. The first kappa shape index (κ1) is 13.7. The van der Waals surface area contributed by atoms with Crippen LogP contribution in [-0.2, 0) is 6.54 Å². The molecule has 0 saturated carbocycles. The van der Waals surface area contributed by atoms with Crippen LogP contribution in [0.15, 0.2) is 53.4 Å². The average Bonchev–Trinajstić information content (AvgIpc) is 2.95. The fourth-order valence-corrected chi connectivity index (χ4v) is 2.78. The quantitative estimate of drug-likeness (QED) is 0.727. The molecule has 2 N–H and O–H groups in total. The first-order valence-corrected chi connectivity index (χ1v) is 7.85. The van der Waals surface area contributed by atoms with Crippen LogP contribution in [0.5, 0.6) is 0 Å². The number of hydrogen-bond acceptors (Lipinski definition) is 3. The van der Waals surface area contributed by atoms with Crippen molar-refractivity contribution < 1.29 is 4.79 Å². The third-order valence-corrected chi connectivity index (χ3v) is 4.00. The third kappa shape index (κ3) is 2.92. The smallest absolute Gasteiger partial charge is 0.252 e. The van der Waals surface area contributed by atoms with Gasteiger partial charge in [-0.3, -0.25) is 4.79 Å². The average molecular weight is 297 g/mol. The van der Waals surface area contributed by atoms with E-state index < -0.39 is 0 Å². The van der Waals surface area contributed by atoms with Crippen LogP contribution in [0.4, 0.5) is 0 Å². The highest BCUT2D eigenvalue weighted by atomic mass is 32.2. The van der Waals surface area contributed by atoms with Crippen LogP contribution < -0.4 is 5.32 Å². The molecular formula is C16H15N3OS. The first-order valence-electron chi connectivity index (χ1n) is 6.63. The molecule has 106 valence electrons. The van der Waals surface area contributed by atoms with Crippen molar-refractivity contribution in [3.63, 3.8) is 0 Å². The Bertz CT molecular complexity index is 749. The molecule has 3 rings (SSSR count). The molecule has 0 aliphatic heterocycles. The minimum absolute atomic E-state index is 0.0830. The molecule has 4 nitrogen and oxygen atoms in total. The van der Waals surface area contributed by atoms with Crippen molar-refractivity contribution in [1.82, 2.24) is 15.3 Å². The van der Waals surface area contributed by atoms with E-state index in [9.17, 15) is 4.79 Å². The molecule has 3 aromatic rings. The molecule has 1 heterocycles. The molecule has 0 aliphatic carbocycles. The predicted molar refractivity (Wildman–Crippen MR) is 85.5 cm³/mol. The number of para-hydroxylation sites is 2. The van der Waals surface area contributed by atoms with Gasteiger partial charge in [0, 0.05) is 4.90 Å². The van der Waals surface area contributed by atoms with Gasteiger partial charge in [0.25, 0.3) is 5.91 Å². The maximum atomic E-state index is 12.2. The summed E-state index contributed by atoms with van der Waals surface area (Å²) >= 11 is 1.56. The van der Waals surface area contributed by atoms with E-state index in [1.165, 1.54) is 0 Å². The lowest BCUT2D eigenvalue weighted by Crippen LogP contribution is -2.23. The van der Waals surface area contributed by atoms with Crippen molar-refractivity contribution in [2.75, 3.05) is 6.26 Å². The van der Waals surface area contributed by atoms with Crippen LogP contribution in [0, 0.1) is 0 Å². The number of aromatic nitrogens is 2. The summed E-state index contributed by atoms with van der Waals surface area (Å²) in [4.78, 5) is 20.9. The van der Waals surface area contributed by atoms with Gasteiger partial charge in [-0.05, 0) is 30.5 Å². The maximum Gasteiger partial charge on any atom is 0.252 e. The van der Waals surface area contributed by atoms with Gasteiger partial charge in [0.2, 0.25) is 0 Å². The third-order valence-electron chi connectivity index (χ3n) is 3.21. The lowest BCUT2D eigenvalue weighted by molar-refractivity contribution is 0.0947. The van der Waals surface area contributed by atoms with Crippen LogP contribution in [0.25, 0.3) is 11.0 Å². The van der Waals surface area contributed by atoms with Crippen LogP contribution in [0.1, 0.15) is 16.2 Å². The zero-order valence-electron chi connectivity index (χ0n) is 11.6. The van der Waals surface area contributed by atoms with Crippen molar-refractivity contribution in [3.05, 3.63) is 59.9 Å². The fraction of sp³-hybridized carbons (Fsp3) is 0.125. The molecule has 21 heavy (non-hydrogen) atoms. The van der Waals surface area contributed by atoms with E-state index in [0.717, 1.165) is 21.8 Å². The number of carbonyl (C=O) groups is 1. The molecule has 5 heteroatoms. The topological polar surface area (TPSA) is 57.8 Å². The Labute approximate surface area is 127 Å². The van der Waals surface area contributed by atoms with Gasteiger partial charge in [-0.2, -0.15) is 0 Å². The second kappa shape index (κ2) is 6.01. The van der Waals surface area contributed by atoms with Gasteiger partial charge in [0.05, 0.1) is 23.1 Å². The number of aromatic amines is 1. The van der Waals surface area contributed by atoms with E-state index in [-0.39, 0.29) is 5.91 Å². The van der Waals surface area contributed by atoms with Crippen molar-refractivity contribution in [2.24, 2.45) is 0 Å². The fourth-order valence-electron chi connectivity index (χ4n) is 2.18. The van der Waals surface area contributed by atoms with E-state index in [1.807, 2.05) is 54.8 Å². The normalized spacial score (nSPS) is 10.7. The number of fused-ring (bicyclic) bond motifs is 1. The molecule has 2 aromatic carbocycles. The van der Waals surface area contributed by atoms with Gasteiger partial charge in [-0.1, -0.05) is 24.3 Å². The molecule has 0 atom stereocenters. The molecule has 1 aromatic heterocycles. The van der Waals surface area contributed by atoms with Gasteiger partial charge < -0.3 is 10.3 Å². The summed E-state index contributed by atoms with van der Waals surface area (Å²) in [6.45, 7) is 0.385. The molecule has 0 aliphatic rings. The number of imidazole rings is 1. The highest BCUT2D eigenvalue weighted by molar-refractivity contribution is 7.98. The van der Waals surface area contributed by atoms with Crippen LogP contribution >= 0.6 is 11.8 Å². The highest BCUT2D eigenvalue weighted by Gasteiger charge is 2.10. The summed E-state index contributed by atoms with van der Waals surface area (Å²) in [5.74, 6) is 0.673. The minimum Gasteiger partial charge on any atom is -0.345 e. The van der Waals surface area contributed by atoms with Gasteiger partial charge in [-0.25, -0.2) is 4.98 Å². The second-order valence-corrected chi connectivity index (χ2v) is 5.43. The van der Waals surface area contributed by atoms with Crippen LogP contribution in [-0.4, -0.2) is 22.1 Å². The number of amides is 1. The Morgan fingerprint density at radius 3 is 2.76 bits per heavy atom. The molecule has 0 unspecified atom stereocenters. The van der Waals surface area contributed by atoms with E-state index in [4.69, 9.17) is 0 Å². The number of H-pyrrole nitrogens is 1. The molecule has 0 spiro atoms. The first-order chi connectivity index (χ1) is 10.3. The van der Waals surface area contributed by atoms with E-state index in [1.54, 1.807) is 11.8 Å². The summed E-state index contributed by atoms with van der Waals surface area (Å²) in [6.07, 6.45) is 1.96. The Morgan fingerprint density at radius 1 is 1.19 bits per heavy atom. The second-order valence-electron chi connectivity index (χ2n) is 4.58. The maximum absolute atomic E-state index is 12.2. The summed E-state index contributed by atoms with van der Waals surface area (Å²) in [6, 6.07) is 15.4. The van der Waals surface area contributed by atoms with Gasteiger partial charge in [0.15, 0.2) is 0 Å². The number of nitrogens with one attached hydrogen (secondary N) is 2. The SMILES string of the molecule is CSc1ccccc1C(=O)NCc1nc2ccccc2[nH]1. The van der Waals surface area contributed by atoms with Gasteiger partial charge in [-0.15, -0.1) is 11.8 Å². The number of hydrogen-bond donors (Lipinski definition) is 2. The Morgan fingerprint density at radius 2 is 1.95 bits per heavy atom. The number of thioether (sulfide) groups is 1. The van der Waals surface area contributed by atoms with E-state index >= 15 is 0 Å². The zero-order valence-corrected chi connectivity index (χ0v) is 12.4. The molecule has 0 saturated heterocycles. The molecule has 1 amide bonds. The van der Waals surface area contributed by atoms with E-state index in [2.05, 4.69) is 15.3 Å². The number of rotatable bonds is 4. The standard InChI is InChI=1S/C16H15N3OS/c1-21-14-9-5-2-6-11(14)16(20)17-10-15-18-12-7-3-4-8-13(12)19-15/h2-9H,10H2,1H3,(H,17,20)(H,18,19).